The molecule has 0 aliphatic rings. The molecular formula is C16H17Cl2NO. The Hall–Kier alpha value is -1.22. The highest BCUT2D eigenvalue weighted by molar-refractivity contribution is 6.42. The average Bonchev–Trinajstić information content (AvgIpc) is 2.44. The van der Waals surface area contributed by atoms with Crippen LogP contribution < -0.4 is 10.1 Å². The first-order valence-electron chi connectivity index (χ1n) is 6.34. The predicted octanol–water partition coefficient (Wildman–Crippen LogP) is 4.62. The minimum atomic E-state index is -0.00851. The first-order valence-corrected chi connectivity index (χ1v) is 7.09. The summed E-state index contributed by atoms with van der Waals surface area (Å²) in [5.74, 6) is 0.876. The molecule has 1 atom stereocenters. The fourth-order valence-corrected chi connectivity index (χ4v) is 2.74. The van der Waals surface area contributed by atoms with E-state index in [1.807, 2.05) is 38.2 Å². The zero-order valence-electron chi connectivity index (χ0n) is 11.7. The molecule has 0 aliphatic heterocycles. The van der Waals surface area contributed by atoms with E-state index in [1.165, 1.54) is 0 Å². The summed E-state index contributed by atoms with van der Waals surface area (Å²) in [4.78, 5) is 0. The molecule has 0 radical (unpaired) electrons. The van der Waals surface area contributed by atoms with Gasteiger partial charge in [0, 0.05) is 0 Å². The van der Waals surface area contributed by atoms with Gasteiger partial charge in [-0.3, -0.25) is 0 Å². The van der Waals surface area contributed by atoms with Gasteiger partial charge in [-0.2, -0.15) is 0 Å². The Balaban J connectivity index is 2.47. The van der Waals surface area contributed by atoms with Gasteiger partial charge in [-0.15, -0.1) is 0 Å². The molecule has 0 bridgehead atoms. The SMILES string of the molecule is CNC(c1ccc(OC)c(C)c1)c1cccc(Cl)c1Cl. The standard InChI is InChI=1S/C16H17Cl2NO/c1-10-9-11(7-8-14(10)20-3)16(19-2)12-5-4-6-13(17)15(12)18/h4-9,16,19H,1-3H3. The molecule has 2 aromatic rings. The van der Waals surface area contributed by atoms with E-state index in [1.54, 1.807) is 13.2 Å². The maximum absolute atomic E-state index is 6.32. The van der Waals surface area contributed by atoms with Crippen molar-refractivity contribution in [1.29, 1.82) is 0 Å². The third kappa shape index (κ3) is 2.93. The summed E-state index contributed by atoms with van der Waals surface area (Å²) in [6, 6.07) is 11.8. The molecule has 0 aromatic heterocycles. The molecular weight excluding hydrogens is 293 g/mol. The van der Waals surface area contributed by atoms with Crippen LogP contribution in [-0.4, -0.2) is 14.2 Å². The van der Waals surface area contributed by atoms with Crippen molar-refractivity contribution in [3.63, 3.8) is 0 Å². The maximum Gasteiger partial charge on any atom is 0.121 e. The molecule has 0 heterocycles. The van der Waals surface area contributed by atoms with Crippen molar-refractivity contribution in [3.8, 4) is 5.75 Å². The summed E-state index contributed by atoms with van der Waals surface area (Å²) < 4.78 is 5.29. The zero-order chi connectivity index (χ0) is 14.7. The molecule has 20 heavy (non-hydrogen) atoms. The van der Waals surface area contributed by atoms with E-state index in [0.29, 0.717) is 10.0 Å². The molecule has 0 aliphatic carbocycles. The number of hydrogen-bond donors (Lipinski definition) is 1. The fourth-order valence-electron chi connectivity index (χ4n) is 2.33. The summed E-state index contributed by atoms with van der Waals surface area (Å²) in [7, 11) is 3.58. The number of ether oxygens (including phenoxy) is 1. The van der Waals surface area contributed by atoms with E-state index in [9.17, 15) is 0 Å². The van der Waals surface area contributed by atoms with Gasteiger partial charge in [0.1, 0.15) is 5.75 Å². The molecule has 0 spiro atoms. The number of benzene rings is 2. The van der Waals surface area contributed by atoms with Crippen molar-refractivity contribution < 1.29 is 4.74 Å². The van der Waals surface area contributed by atoms with Gasteiger partial charge in [0.05, 0.1) is 23.2 Å². The quantitative estimate of drug-likeness (QED) is 0.890. The lowest BCUT2D eigenvalue weighted by atomic mass is 9.97. The van der Waals surface area contributed by atoms with E-state index < -0.39 is 0 Å². The van der Waals surface area contributed by atoms with Crippen LogP contribution in [-0.2, 0) is 0 Å². The Labute approximate surface area is 129 Å². The van der Waals surface area contributed by atoms with E-state index in [4.69, 9.17) is 27.9 Å². The van der Waals surface area contributed by atoms with Crippen LogP contribution in [0.2, 0.25) is 10.0 Å². The maximum atomic E-state index is 6.32. The molecule has 2 rings (SSSR count). The van der Waals surface area contributed by atoms with Gasteiger partial charge in [0.25, 0.3) is 0 Å². The van der Waals surface area contributed by atoms with Crippen molar-refractivity contribution in [2.24, 2.45) is 0 Å². The highest BCUT2D eigenvalue weighted by Gasteiger charge is 2.17. The Kier molecular flexibility index (Phi) is 4.92. The minimum absolute atomic E-state index is 0.00851. The molecule has 4 heteroatoms. The van der Waals surface area contributed by atoms with E-state index >= 15 is 0 Å². The molecule has 2 aromatic carbocycles. The second-order valence-electron chi connectivity index (χ2n) is 4.59. The average molecular weight is 310 g/mol. The Morgan fingerprint density at radius 1 is 1.15 bits per heavy atom. The lowest BCUT2D eigenvalue weighted by Crippen LogP contribution is -2.18. The van der Waals surface area contributed by atoms with Crippen LogP contribution in [0.25, 0.3) is 0 Å². The number of aryl methyl sites for hydroxylation is 1. The van der Waals surface area contributed by atoms with Gasteiger partial charge >= 0.3 is 0 Å². The highest BCUT2D eigenvalue weighted by atomic mass is 35.5. The largest absolute Gasteiger partial charge is 0.496 e. The van der Waals surface area contributed by atoms with Crippen LogP contribution >= 0.6 is 23.2 Å². The second-order valence-corrected chi connectivity index (χ2v) is 5.38. The lowest BCUT2D eigenvalue weighted by molar-refractivity contribution is 0.411. The number of methoxy groups -OCH3 is 1. The number of nitrogens with one attached hydrogen (secondary N) is 1. The molecule has 0 amide bonds. The van der Waals surface area contributed by atoms with Crippen molar-refractivity contribution >= 4 is 23.2 Å². The summed E-state index contributed by atoms with van der Waals surface area (Å²) >= 11 is 12.4. The van der Waals surface area contributed by atoms with Gasteiger partial charge in [0.15, 0.2) is 0 Å². The molecule has 106 valence electrons. The Morgan fingerprint density at radius 3 is 2.50 bits per heavy atom. The van der Waals surface area contributed by atoms with Gasteiger partial charge in [-0.1, -0.05) is 47.5 Å². The third-order valence-electron chi connectivity index (χ3n) is 3.33. The zero-order valence-corrected chi connectivity index (χ0v) is 13.2. The van der Waals surface area contributed by atoms with Crippen LogP contribution in [0, 0.1) is 6.92 Å². The fraction of sp³-hybridized carbons (Fsp3) is 0.250. The van der Waals surface area contributed by atoms with Crippen molar-refractivity contribution in [2.45, 2.75) is 13.0 Å². The molecule has 2 nitrogen and oxygen atoms in total. The minimum Gasteiger partial charge on any atom is -0.496 e. The smallest absolute Gasteiger partial charge is 0.121 e. The van der Waals surface area contributed by atoms with E-state index in [-0.39, 0.29) is 6.04 Å². The van der Waals surface area contributed by atoms with Crippen molar-refractivity contribution in [2.75, 3.05) is 14.2 Å². The van der Waals surface area contributed by atoms with Gasteiger partial charge in [-0.25, -0.2) is 0 Å². The predicted molar refractivity (Wildman–Crippen MR) is 85.1 cm³/mol. The first kappa shape index (κ1) is 15.2. The lowest BCUT2D eigenvalue weighted by Gasteiger charge is -2.20. The van der Waals surface area contributed by atoms with Crippen molar-refractivity contribution in [3.05, 3.63) is 63.1 Å². The summed E-state index contributed by atoms with van der Waals surface area (Å²) in [6.45, 7) is 2.02. The van der Waals surface area contributed by atoms with Gasteiger partial charge in [0.2, 0.25) is 0 Å². The Morgan fingerprint density at radius 2 is 1.90 bits per heavy atom. The van der Waals surface area contributed by atoms with E-state index in [2.05, 4.69) is 11.4 Å². The molecule has 1 unspecified atom stereocenters. The number of rotatable bonds is 4. The van der Waals surface area contributed by atoms with E-state index in [0.717, 1.165) is 22.4 Å². The third-order valence-corrected chi connectivity index (χ3v) is 4.17. The van der Waals surface area contributed by atoms with Crippen LogP contribution in [0.15, 0.2) is 36.4 Å². The Bertz CT molecular complexity index is 613. The summed E-state index contributed by atoms with van der Waals surface area (Å²) in [5, 5.41) is 4.43. The normalized spacial score (nSPS) is 12.2. The van der Waals surface area contributed by atoms with Crippen LogP contribution in [0.3, 0.4) is 0 Å². The summed E-state index contributed by atoms with van der Waals surface area (Å²) in [6.07, 6.45) is 0. The van der Waals surface area contributed by atoms with Crippen molar-refractivity contribution in [1.82, 2.24) is 5.32 Å². The molecule has 0 saturated heterocycles. The van der Waals surface area contributed by atoms with Gasteiger partial charge < -0.3 is 10.1 Å². The molecule has 0 saturated carbocycles. The monoisotopic (exact) mass is 309 g/mol. The number of hydrogen-bond acceptors (Lipinski definition) is 2. The van der Waals surface area contributed by atoms with Crippen LogP contribution in [0.4, 0.5) is 0 Å². The van der Waals surface area contributed by atoms with Gasteiger partial charge in [-0.05, 0) is 42.8 Å². The van der Waals surface area contributed by atoms with Crippen LogP contribution in [0.1, 0.15) is 22.7 Å². The second kappa shape index (κ2) is 6.49. The summed E-state index contributed by atoms with van der Waals surface area (Å²) in [5.41, 5.74) is 3.17. The number of halogens is 2. The highest BCUT2D eigenvalue weighted by Crippen LogP contribution is 2.34. The topological polar surface area (TPSA) is 21.3 Å². The molecule has 1 N–H and O–H groups in total. The molecule has 0 fully saturated rings. The van der Waals surface area contributed by atoms with Crippen LogP contribution in [0.5, 0.6) is 5.75 Å². The first-order chi connectivity index (χ1) is 9.58.